The number of likely N-dealkylation sites (N-methyl/N-ethyl adjacent to an activating group) is 1. The molecule has 0 aromatic carbocycles. The Balaban J connectivity index is 2.24. The number of amides is 1. The molecule has 0 aliphatic carbocycles. The second-order valence-corrected chi connectivity index (χ2v) is 3.83. The highest BCUT2D eigenvalue weighted by Gasteiger charge is 2.18. The maximum absolute atomic E-state index is 11.1. The second kappa shape index (κ2) is 5.34. The van der Waals surface area contributed by atoms with Gasteiger partial charge in [-0.05, 0) is 7.05 Å². The van der Waals surface area contributed by atoms with E-state index < -0.39 is 0 Å². The highest BCUT2D eigenvalue weighted by atomic mass is 35.5. The number of nitrogens with one attached hydrogen (secondary N) is 1. The van der Waals surface area contributed by atoms with Crippen molar-refractivity contribution < 1.29 is 9.53 Å². The molecule has 0 radical (unpaired) electrons. The zero-order chi connectivity index (χ0) is 10.6. The lowest BCUT2D eigenvalue weighted by atomic mass is 10.3. The fraction of sp³-hybridized carbons (Fsp3) is 0.667. The topological polar surface area (TPSA) is 41.6 Å². The standard InChI is InChI=1S/C9H15ClN2O2/c1-7(10)9(13)11-5-8-6-12(2)3-4-14-8/h8H,1,3-6H2,2H3,(H,11,13). The first-order valence-corrected chi connectivity index (χ1v) is 4.90. The number of nitrogens with zero attached hydrogens (tertiary/aromatic N) is 1. The molecule has 14 heavy (non-hydrogen) atoms. The average molecular weight is 219 g/mol. The van der Waals surface area contributed by atoms with Gasteiger partial charge in [0, 0.05) is 19.6 Å². The van der Waals surface area contributed by atoms with E-state index in [4.69, 9.17) is 16.3 Å². The van der Waals surface area contributed by atoms with Gasteiger partial charge in [-0.25, -0.2) is 0 Å². The van der Waals surface area contributed by atoms with Crippen molar-refractivity contribution in [3.05, 3.63) is 11.6 Å². The SMILES string of the molecule is C=C(Cl)C(=O)NCC1CN(C)CCO1. The van der Waals surface area contributed by atoms with Gasteiger partial charge in [0.15, 0.2) is 0 Å². The fourth-order valence-electron chi connectivity index (χ4n) is 1.29. The minimum atomic E-state index is -0.330. The monoisotopic (exact) mass is 218 g/mol. The van der Waals surface area contributed by atoms with Crippen LogP contribution in [-0.2, 0) is 9.53 Å². The highest BCUT2D eigenvalue weighted by Crippen LogP contribution is 2.02. The summed E-state index contributed by atoms with van der Waals surface area (Å²) in [5, 5.41) is 2.66. The summed E-state index contributed by atoms with van der Waals surface area (Å²) in [5.74, 6) is -0.330. The van der Waals surface area contributed by atoms with Crippen molar-refractivity contribution >= 4 is 17.5 Å². The average Bonchev–Trinajstić information content (AvgIpc) is 2.14. The quantitative estimate of drug-likeness (QED) is 0.688. The van der Waals surface area contributed by atoms with E-state index in [1.807, 2.05) is 7.05 Å². The Hall–Kier alpha value is -0.580. The van der Waals surface area contributed by atoms with Gasteiger partial charge in [0.2, 0.25) is 0 Å². The van der Waals surface area contributed by atoms with E-state index in [-0.39, 0.29) is 17.0 Å². The van der Waals surface area contributed by atoms with Gasteiger partial charge < -0.3 is 15.0 Å². The second-order valence-electron chi connectivity index (χ2n) is 3.37. The largest absolute Gasteiger partial charge is 0.374 e. The molecule has 1 aliphatic rings. The van der Waals surface area contributed by atoms with Gasteiger partial charge in [-0.1, -0.05) is 18.2 Å². The first kappa shape index (κ1) is 11.5. The molecule has 0 saturated carbocycles. The minimum absolute atomic E-state index is 0.00849. The van der Waals surface area contributed by atoms with Crippen LogP contribution in [0.3, 0.4) is 0 Å². The molecule has 0 aromatic heterocycles. The van der Waals surface area contributed by atoms with Crippen LogP contribution in [0.4, 0.5) is 0 Å². The number of rotatable bonds is 3. The van der Waals surface area contributed by atoms with Crippen LogP contribution in [0.5, 0.6) is 0 Å². The van der Waals surface area contributed by atoms with Gasteiger partial charge in [0.1, 0.15) is 0 Å². The summed E-state index contributed by atoms with van der Waals surface area (Å²) < 4.78 is 5.45. The zero-order valence-corrected chi connectivity index (χ0v) is 9.01. The molecule has 1 heterocycles. The molecule has 1 atom stereocenters. The van der Waals surface area contributed by atoms with Crippen molar-refractivity contribution in [1.29, 1.82) is 0 Å². The summed E-state index contributed by atoms with van der Waals surface area (Å²) in [4.78, 5) is 13.2. The summed E-state index contributed by atoms with van der Waals surface area (Å²) in [5.41, 5.74) is 0. The predicted molar refractivity (Wildman–Crippen MR) is 55.2 cm³/mol. The lowest BCUT2D eigenvalue weighted by molar-refractivity contribution is -0.118. The number of morpholine rings is 1. The molecule has 1 fully saturated rings. The fourth-order valence-corrected chi connectivity index (χ4v) is 1.36. The number of carbonyl (C=O) groups excluding carboxylic acids is 1. The van der Waals surface area contributed by atoms with E-state index in [2.05, 4.69) is 16.8 Å². The minimum Gasteiger partial charge on any atom is -0.374 e. The first-order valence-electron chi connectivity index (χ1n) is 4.52. The van der Waals surface area contributed by atoms with Crippen molar-refractivity contribution in [3.8, 4) is 0 Å². The Kier molecular flexibility index (Phi) is 4.38. The van der Waals surface area contributed by atoms with Crippen LogP contribution in [0.2, 0.25) is 0 Å². The summed E-state index contributed by atoms with van der Waals surface area (Å²) in [7, 11) is 2.03. The Morgan fingerprint density at radius 3 is 3.07 bits per heavy atom. The third kappa shape index (κ3) is 3.65. The molecule has 1 N–H and O–H groups in total. The highest BCUT2D eigenvalue weighted by molar-refractivity contribution is 6.41. The van der Waals surface area contributed by atoms with E-state index in [9.17, 15) is 4.79 Å². The molecule has 4 nitrogen and oxygen atoms in total. The van der Waals surface area contributed by atoms with E-state index in [1.165, 1.54) is 0 Å². The number of ether oxygens (including phenoxy) is 1. The predicted octanol–water partition coefficient (Wildman–Crippen LogP) is 0.186. The molecule has 0 aromatic rings. The van der Waals surface area contributed by atoms with Gasteiger partial charge in [-0.15, -0.1) is 0 Å². The smallest absolute Gasteiger partial charge is 0.262 e. The van der Waals surface area contributed by atoms with Gasteiger partial charge >= 0.3 is 0 Å². The van der Waals surface area contributed by atoms with Crippen LogP contribution in [-0.4, -0.2) is 50.2 Å². The maximum Gasteiger partial charge on any atom is 0.262 e. The van der Waals surface area contributed by atoms with Crippen molar-refractivity contribution in [1.82, 2.24) is 10.2 Å². The Morgan fingerprint density at radius 2 is 2.50 bits per heavy atom. The summed E-state index contributed by atoms with van der Waals surface area (Å²) in [6.07, 6.45) is 0.0497. The van der Waals surface area contributed by atoms with Crippen LogP contribution in [0.1, 0.15) is 0 Å². The van der Waals surface area contributed by atoms with Crippen LogP contribution in [0.25, 0.3) is 0 Å². The Bertz CT molecular complexity index is 233. The third-order valence-corrected chi connectivity index (χ3v) is 2.25. The molecule has 1 saturated heterocycles. The molecule has 0 bridgehead atoms. The van der Waals surface area contributed by atoms with Crippen LogP contribution < -0.4 is 5.32 Å². The third-order valence-electron chi connectivity index (χ3n) is 2.08. The summed E-state index contributed by atoms with van der Waals surface area (Å²) >= 11 is 5.42. The molecule has 1 unspecified atom stereocenters. The molecule has 1 amide bonds. The number of hydrogen-bond acceptors (Lipinski definition) is 3. The van der Waals surface area contributed by atoms with Gasteiger partial charge in [0.25, 0.3) is 5.91 Å². The van der Waals surface area contributed by atoms with Crippen LogP contribution in [0, 0.1) is 0 Å². The number of carbonyl (C=O) groups is 1. The van der Waals surface area contributed by atoms with Crippen molar-refractivity contribution in [3.63, 3.8) is 0 Å². The van der Waals surface area contributed by atoms with Crippen molar-refractivity contribution in [2.24, 2.45) is 0 Å². The number of hydrogen-bond donors (Lipinski definition) is 1. The van der Waals surface area contributed by atoms with Crippen molar-refractivity contribution in [2.75, 3.05) is 33.3 Å². The van der Waals surface area contributed by atoms with Gasteiger partial charge in [0.05, 0.1) is 17.7 Å². The van der Waals surface area contributed by atoms with Crippen LogP contribution in [0.15, 0.2) is 11.6 Å². The molecule has 80 valence electrons. The Morgan fingerprint density at radius 1 is 1.79 bits per heavy atom. The molecule has 5 heteroatoms. The van der Waals surface area contributed by atoms with Crippen LogP contribution >= 0.6 is 11.6 Å². The molecular weight excluding hydrogens is 204 g/mol. The van der Waals surface area contributed by atoms with E-state index >= 15 is 0 Å². The number of halogens is 1. The van der Waals surface area contributed by atoms with E-state index in [0.29, 0.717) is 13.2 Å². The van der Waals surface area contributed by atoms with E-state index in [0.717, 1.165) is 13.1 Å². The lowest BCUT2D eigenvalue weighted by Crippen LogP contribution is -2.45. The molecular formula is C9H15ClN2O2. The van der Waals surface area contributed by atoms with E-state index in [1.54, 1.807) is 0 Å². The van der Waals surface area contributed by atoms with Gasteiger partial charge in [-0.3, -0.25) is 4.79 Å². The molecule has 0 spiro atoms. The van der Waals surface area contributed by atoms with Crippen molar-refractivity contribution in [2.45, 2.75) is 6.10 Å². The normalized spacial score (nSPS) is 23.1. The Labute approximate surface area is 88.9 Å². The molecule has 1 aliphatic heterocycles. The summed E-state index contributed by atoms with van der Waals surface area (Å²) in [6.45, 7) is 6.29. The lowest BCUT2D eigenvalue weighted by Gasteiger charge is -2.30. The zero-order valence-electron chi connectivity index (χ0n) is 8.25. The maximum atomic E-state index is 11.1. The van der Waals surface area contributed by atoms with Gasteiger partial charge in [-0.2, -0.15) is 0 Å². The molecule has 1 rings (SSSR count). The summed E-state index contributed by atoms with van der Waals surface area (Å²) in [6, 6.07) is 0. The first-order chi connectivity index (χ1) is 6.59.